The van der Waals surface area contributed by atoms with Crippen LogP contribution in [0.15, 0.2) is 12.8 Å². The van der Waals surface area contributed by atoms with Crippen molar-refractivity contribution in [1.29, 1.82) is 0 Å². The van der Waals surface area contributed by atoms with Crippen molar-refractivity contribution in [2.45, 2.75) is 13.8 Å². The molecule has 0 unspecified atom stereocenters. The molecule has 0 fully saturated rings. The summed E-state index contributed by atoms with van der Waals surface area (Å²) < 4.78 is 5.24. The molecule has 0 saturated heterocycles. The summed E-state index contributed by atoms with van der Waals surface area (Å²) in [6.07, 6.45) is 3.52. The molecule has 1 aromatic heterocycles. The minimum Gasteiger partial charge on any atom is -0.496 e. The number of hydrogen-bond acceptors (Lipinski definition) is 2. The lowest BCUT2D eigenvalue weighted by atomic mass is 10.1. The van der Waals surface area contributed by atoms with E-state index in [-0.39, 0.29) is 0 Å². The highest BCUT2D eigenvalue weighted by Crippen LogP contribution is 2.24. The van der Waals surface area contributed by atoms with Gasteiger partial charge in [0.1, 0.15) is 5.75 Å². The number of rotatable bonds is 2. The largest absolute Gasteiger partial charge is 0.496 e. The van der Waals surface area contributed by atoms with Gasteiger partial charge in [0.2, 0.25) is 0 Å². The molecule has 0 amide bonds. The smallest absolute Gasteiger partial charge is 0.132 e. The molecule has 1 rings (SSSR count). The molecule has 1 aromatic rings. The third kappa shape index (κ3) is 1.33. The first kappa shape index (κ1) is 8.78. The molecule has 0 aliphatic heterocycles. The molecule has 12 heavy (non-hydrogen) atoms. The highest BCUT2D eigenvalue weighted by Gasteiger charge is 2.05. The van der Waals surface area contributed by atoms with Crippen LogP contribution >= 0.6 is 0 Å². The Labute approximate surface area is 72.9 Å². The van der Waals surface area contributed by atoms with E-state index in [1.54, 1.807) is 19.4 Å². The summed E-state index contributed by atoms with van der Waals surface area (Å²) in [6.45, 7) is 7.65. The van der Waals surface area contributed by atoms with Crippen LogP contribution in [-0.2, 0) is 0 Å². The quantitative estimate of drug-likeness (QED) is 0.667. The molecule has 64 valence electrons. The Morgan fingerprint density at radius 3 is 2.67 bits per heavy atom. The average molecular weight is 163 g/mol. The summed E-state index contributed by atoms with van der Waals surface area (Å²) in [5.74, 6) is 0.873. The van der Waals surface area contributed by atoms with Gasteiger partial charge in [0.25, 0.3) is 0 Å². The molecule has 2 heteroatoms. The van der Waals surface area contributed by atoms with Gasteiger partial charge in [-0.3, -0.25) is 4.98 Å². The third-order valence-electron chi connectivity index (χ3n) is 1.97. The van der Waals surface area contributed by atoms with Gasteiger partial charge in [0, 0.05) is 23.0 Å². The molecule has 1 heterocycles. The number of nitrogens with zero attached hydrogens (tertiary/aromatic N) is 1. The van der Waals surface area contributed by atoms with Crippen molar-refractivity contribution in [1.82, 2.24) is 4.98 Å². The number of pyridine rings is 1. The fourth-order valence-corrected chi connectivity index (χ4v) is 1.12. The van der Waals surface area contributed by atoms with Crippen LogP contribution < -0.4 is 4.74 Å². The first-order valence-corrected chi connectivity index (χ1v) is 3.83. The molecule has 0 saturated carbocycles. The third-order valence-corrected chi connectivity index (χ3v) is 1.97. The van der Waals surface area contributed by atoms with Gasteiger partial charge >= 0.3 is 0 Å². The van der Waals surface area contributed by atoms with Crippen LogP contribution in [0.3, 0.4) is 0 Å². The maximum absolute atomic E-state index is 5.24. The number of aromatic nitrogens is 1. The molecule has 0 aliphatic carbocycles. The van der Waals surface area contributed by atoms with Crippen molar-refractivity contribution in [3.8, 4) is 5.75 Å². The molecule has 0 radical (unpaired) electrons. The van der Waals surface area contributed by atoms with Gasteiger partial charge in [0.15, 0.2) is 0 Å². The monoisotopic (exact) mass is 163 g/mol. The second-order valence-corrected chi connectivity index (χ2v) is 2.66. The van der Waals surface area contributed by atoms with Crippen molar-refractivity contribution in [2.24, 2.45) is 0 Å². The lowest BCUT2D eigenvalue weighted by Crippen LogP contribution is -1.95. The van der Waals surface area contributed by atoms with E-state index in [2.05, 4.69) is 11.6 Å². The van der Waals surface area contributed by atoms with Crippen molar-refractivity contribution in [3.05, 3.63) is 29.6 Å². The predicted molar refractivity (Wildman–Crippen MR) is 50.4 cm³/mol. The van der Waals surface area contributed by atoms with Crippen LogP contribution in [0.5, 0.6) is 5.75 Å². The van der Waals surface area contributed by atoms with Gasteiger partial charge in [0.05, 0.1) is 7.11 Å². The van der Waals surface area contributed by atoms with Gasteiger partial charge in [-0.2, -0.15) is 0 Å². The van der Waals surface area contributed by atoms with Crippen LogP contribution in [-0.4, -0.2) is 12.1 Å². The molecule has 0 N–H and O–H groups in total. The Morgan fingerprint density at radius 2 is 2.17 bits per heavy atom. The highest BCUT2D eigenvalue weighted by atomic mass is 16.5. The first-order valence-electron chi connectivity index (χ1n) is 3.83. The van der Waals surface area contributed by atoms with Crippen molar-refractivity contribution in [2.75, 3.05) is 7.11 Å². The number of aryl methyl sites for hydroxylation is 1. The van der Waals surface area contributed by atoms with E-state index in [1.807, 2.05) is 13.8 Å². The van der Waals surface area contributed by atoms with E-state index in [0.717, 1.165) is 22.6 Å². The summed E-state index contributed by atoms with van der Waals surface area (Å²) in [4.78, 5) is 4.21. The molecule has 0 spiro atoms. The molecular formula is C10H13NO. The minimum absolute atomic E-state index is 0.873. The lowest BCUT2D eigenvalue weighted by Gasteiger charge is -2.09. The zero-order chi connectivity index (χ0) is 9.14. The summed E-state index contributed by atoms with van der Waals surface area (Å²) in [5.41, 5.74) is 3.02. The average Bonchev–Trinajstić information content (AvgIpc) is 2.09. The van der Waals surface area contributed by atoms with Crippen LogP contribution in [0.2, 0.25) is 0 Å². The topological polar surface area (TPSA) is 22.1 Å². The van der Waals surface area contributed by atoms with E-state index in [9.17, 15) is 0 Å². The fraction of sp³-hybridized carbons (Fsp3) is 0.300. The molecule has 0 aromatic carbocycles. The number of ether oxygens (including phenoxy) is 1. The number of methoxy groups -OCH3 is 1. The maximum Gasteiger partial charge on any atom is 0.132 e. The summed E-state index contributed by atoms with van der Waals surface area (Å²) in [5, 5.41) is 0. The van der Waals surface area contributed by atoms with Crippen LogP contribution in [0.4, 0.5) is 0 Å². The zero-order valence-electron chi connectivity index (χ0n) is 7.72. The van der Waals surface area contributed by atoms with Gasteiger partial charge < -0.3 is 4.74 Å². The van der Waals surface area contributed by atoms with E-state index < -0.39 is 0 Å². The molecule has 0 aliphatic rings. The van der Waals surface area contributed by atoms with Gasteiger partial charge in [-0.25, -0.2) is 0 Å². The summed E-state index contributed by atoms with van der Waals surface area (Å²) in [6, 6.07) is 0. The zero-order valence-corrected chi connectivity index (χ0v) is 7.72. The normalized spacial score (nSPS) is 9.58. The van der Waals surface area contributed by atoms with Crippen LogP contribution in [0.25, 0.3) is 6.08 Å². The molecule has 0 atom stereocenters. The Hall–Kier alpha value is -1.31. The Kier molecular flexibility index (Phi) is 2.48. The lowest BCUT2D eigenvalue weighted by molar-refractivity contribution is 0.409. The molecular weight excluding hydrogens is 150 g/mol. The van der Waals surface area contributed by atoms with E-state index in [0.29, 0.717) is 0 Å². The van der Waals surface area contributed by atoms with E-state index in [4.69, 9.17) is 4.74 Å². The van der Waals surface area contributed by atoms with E-state index in [1.165, 1.54) is 0 Å². The Balaban J connectivity index is 3.35. The minimum atomic E-state index is 0.873. The highest BCUT2D eigenvalue weighted by molar-refractivity contribution is 5.57. The van der Waals surface area contributed by atoms with Gasteiger partial charge in [-0.1, -0.05) is 12.7 Å². The first-order chi connectivity index (χ1) is 5.70. The number of hydrogen-bond donors (Lipinski definition) is 0. The van der Waals surface area contributed by atoms with Crippen molar-refractivity contribution >= 4 is 6.08 Å². The fourth-order valence-electron chi connectivity index (χ4n) is 1.12. The maximum atomic E-state index is 5.24. The summed E-state index contributed by atoms with van der Waals surface area (Å²) in [7, 11) is 1.66. The van der Waals surface area contributed by atoms with Crippen LogP contribution in [0, 0.1) is 13.8 Å². The van der Waals surface area contributed by atoms with Crippen molar-refractivity contribution in [3.63, 3.8) is 0 Å². The SMILES string of the molecule is C=Cc1cnc(C)c(C)c1OC. The molecule has 0 bridgehead atoms. The van der Waals surface area contributed by atoms with E-state index >= 15 is 0 Å². The Morgan fingerprint density at radius 1 is 1.50 bits per heavy atom. The van der Waals surface area contributed by atoms with Crippen molar-refractivity contribution < 1.29 is 4.74 Å². The predicted octanol–water partition coefficient (Wildman–Crippen LogP) is 2.35. The van der Waals surface area contributed by atoms with Gasteiger partial charge in [-0.05, 0) is 13.8 Å². The molecule has 2 nitrogen and oxygen atoms in total. The standard InChI is InChI=1S/C10H13NO/c1-5-9-6-11-8(3)7(2)10(9)12-4/h5-6H,1H2,2-4H3. The second kappa shape index (κ2) is 3.39. The van der Waals surface area contributed by atoms with Crippen LogP contribution in [0.1, 0.15) is 16.8 Å². The summed E-state index contributed by atoms with van der Waals surface area (Å²) >= 11 is 0. The van der Waals surface area contributed by atoms with Gasteiger partial charge in [-0.15, -0.1) is 0 Å². The second-order valence-electron chi connectivity index (χ2n) is 2.66. The Bertz CT molecular complexity index is 305.